The van der Waals surface area contributed by atoms with Crippen molar-refractivity contribution in [1.82, 2.24) is 5.32 Å². The Morgan fingerprint density at radius 1 is 1.59 bits per heavy atom. The van der Waals surface area contributed by atoms with Crippen LogP contribution < -0.4 is 10.6 Å². The van der Waals surface area contributed by atoms with Gasteiger partial charge in [0.15, 0.2) is 0 Å². The average molecular weight is 297 g/mol. The molecule has 1 atom stereocenters. The minimum Gasteiger partial charge on any atom is -0.325 e. The van der Waals surface area contributed by atoms with Gasteiger partial charge in [-0.1, -0.05) is 6.07 Å². The third-order valence-electron chi connectivity index (χ3n) is 3.04. The molecule has 1 aromatic rings. The summed E-state index contributed by atoms with van der Waals surface area (Å²) >= 11 is 3.46. The van der Waals surface area contributed by atoms with Gasteiger partial charge in [0, 0.05) is 10.9 Å². The van der Waals surface area contributed by atoms with Crippen LogP contribution in [0.5, 0.6) is 0 Å². The van der Waals surface area contributed by atoms with E-state index in [0.29, 0.717) is 12.3 Å². The summed E-state index contributed by atoms with van der Waals surface area (Å²) in [4.78, 5) is 11.8. The van der Waals surface area contributed by atoms with Crippen molar-refractivity contribution in [3.05, 3.63) is 28.2 Å². The maximum Gasteiger partial charge on any atom is 0.224 e. The number of carbonyl (C=O) groups is 1. The van der Waals surface area contributed by atoms with Crippen LogP contribution >= 0.6 is 15.9 Å². The van der Waals surface area contributed by atoms with Crippen molar-refractivity contribution in [2.24, 2.45) is 5.92 Å². The number of benzene rings is 1. The molecule has 1 aliphatic rings. The van der Waals surface area contributed by atoms with E-state index >= 15 is 0 Å². The van der Waals surface area contributed by atoms with Crippen LogP contribution in [-0.4, -0.2) is 19.0 Å². The molecule has 1 aliphatic heterocycles. The third-order valence-corrected chi connectivity index (χ3v) is 3.69. The number of hydrogen-bond donors (Lipinski definition) is 2. The first-order chi connectivity index (χ1) is 8.15. The highest BCUT2D eigenvalue weighted by molar-refractivity contribution is 9.10. The first-order valence-electron chi connectivity index (χ1n) is 5.92. The van der Waals surface area contributed by atoms with E-state index in [2.05, 4.69) is 26.6 Å². The molecule has 92 valence electrons. The molecule has 0 aromatic heterocycles. The maximum atomic E-state index is 11.8. The van der Waals surface area contributed by atoms with E-state index in [0.717, 1.165) is 29.7 Å². The number of amides is 1. The summed E-state index contributed by atoms with van der Waals surface area (Å²) in [6.45, 7) is 4.02. The van der Waals surface area contributed by atoms with Crippen molar-refractivity contribution in [2.75, 3.05) is 18.4 Å². The molecule has 2 rings (SSSR count). The highest BCUT2D eigenvalue weighted by atomic mass is 79.9. The second kappa shape index (κ2) is 5.65. The molecule has 2 N–H and O–H groups in total. The highest BCUT2D eigenvalue weighted by Crippen LogP contribution is 2.24. The molecule has 1 fully saturated rings. The molecule has 17 heavy (non-hydrogen) atoms. The van der Waals surface area contributed by atoms with E-state index in [9.17, 15) is 4.79 Å². The molecule has 0 aliphatic carbocycles. The van der Waals surface area contributed by atoms with Gasteiger partial charge >= 0.3 is 0 Å². The van der Waals surface area contributed by atoms with Crippen LogP contribution in [0.2, 0.25) is 0 Å². The summed E-state index contributed by atoms with van der Waals surface area (Å²) in [5.41, 5.74) is 2.03. The van der Waals surface area contributed by atoms with Crippen LogP contribution in [-0.2, 0) is 4.79 Å². The molecule has 0 spiro atoms. The molecule has 1 saturated heterocycles. The number of aryl methyl sites for hydroxylation is 1. The van der Waals surface area contributed by atoms with Crippen LogP contribution in [0.25, 0.3) is 0 Å². The zero-order valence-electron chi connectivity index (χ0n) is 9.92. The first-order valence-corrected chi connectivity index (χ1v) is 6.71. The Labute approximate surface area is 110 Å². The summed E-state index contributed by atoms with van der Waals surface area (Å²) in [5, 5.41) is 6.22. The number of hydrogen-bond acceptors (Lipinski definition) is 2. The van der Waals surface area contributed by atoms with E-state index in [-0.39, 0.29) is 5.91 Å². The van der Waals surface area contributed by atoms with E-state index in [4.69, 9.17) is 0 Å². The fourth-order valence-electron chi connectivity index (χ4n) is 2.07. The van der Waals surface area contributed by atoms with Gasteiger partial charge in [-0.3, -0.25) is 4.79 Å². The van der Waals surface area contributed by atoms with Crippen LogP contribution in [0.3, 0.4) is 0 Å². The maximum absolute atomic E-state index is 11.8. The zero-order chi connectivity index (χ0) is 12.3. The van der Waals surface area contributed by atoms with Crippen LogP contribution in [0, 0.1) is 12.8 Å². The van der Waals surface area contributed by atoms with Gasteiger partial charge in [-0.2, -0.15) is 0 Å². The van der Waals surface area contributed by atoms with Crippen LogP contribution in [0.4, 0.5) is 5.69 Å². The summed E-state index contributed by atoms with van der Waals surface area (Å²) in [5.74, 6) is 0.586. The van der Waals surface area contributed by atoms with Crippen molar-refractivity contribution >= 4 is 27.5 Å². The second-order valence-electron chi connectivity index (χ2n) is 4.59. The Kier molecular flexibility index (Phi) is 4.18. The summed E-state index contributed by atoms with van der Waals surface area (Å²) in [6.07, 6.45) is 1.70. The number of anilines is 1. The molecule has 1 amide bonds. The molecule has 0 saturated carbocycles. The van der Waals surface area contributed by atoms with E-state index in [1.165, 1.54) is 5.56 Å². The second-order valence-corrected chi connectivity index (χ2v) is 5.45. The minimum absolute atomic E-state index is 0.100. The fourth-order valence-corrected chi connectivity index (χ4v) is 2.67. The van der Waals surface area contributed by atoms with Gasteiger partial charge in [-0.15, -0.1) is 0 Å². The molecule has 4 heteroatoms. The lowest BCUT2D eigenvalue weighted by atomic mass is 10.0. The minimum atomic E-state index is 0.100. The predicted molar refractivity (Wildman–Crippen MR) is 73.1 cm³/mol. The lowest BCUT2D eigenvalue weighted by Gasteiger charge is -2.10. The number of nitrogens with one attached hydrogen (secondary N) is 2. The fraction of sp³-hybridized carbons (Fsp3) is 0.462. The van der Waals surface area contributed by atoms with Crippen LogP contribution in [0.1, 0.15) is 18.4 Å². The van der Waals surface area contributed by atoms with E-state index in [1.807, 2.05) is 25.1 Å². The molecule has 0 radical (unpaired) electrons. The van der Waals surface area contributed by atoms with Gasteiger partial charge < -0.3 is 10.6 Å². The number of rotatable bonds is 3. The molecule has 1 aromatic carbocycles. The topological polar surface area (TPSA) is 41.1 Å². The summed E-state index contributed by atoms with van der Waals surface area (Å²) < 4.78 is 0.940. The number of carbonyl (C=O) groups excluding carboxylic acids is 1. The Morgan fingerprint density at radius 2 is 2.41 bits per heavy atom. The Morgan fingerprint density at radius 3 is 3.06 bits per heavy atom. The molecular weight excluding hydrogens is 280 g/mol. The molecular formula is C13H17BrN2O. The first kappa shape index (κ1) is 12.6. The van der Waals surface area contributed by atoms with Crippen LogP contribution in [0.15, 0.2) is 22.7 Å². The Hall–Kier alpha value is -0.870. The van der Waals surface area contributed by atoms with Gasteiger partial charge in [-0.05, 0) is 66.0 Å². The van der Waals surface area contributed by atoms with E-state index in [1.54, 1.807) is 0 Å². The lowest BCUT2D eigenvalue weighted by molar-refractivity contribution is -0.116. The predicted octanol–water partition coefficient (Wildman–Crippen LogP) is 2.70. The van der Waals surface area contributed by atoms with E-state index < -0.39 is 0 Å². The SMILES string of the molecule is Cc1ccc(NC(=O)CC2CCNC2)c(Br)c1. The van der Waals surface area contributed by atoms with Crippen molar-refractivity contribution in [2.45, 2.75) is 19.8 Å². The monoisotopic (exact) mass is 296 g/mol. The largest absolute Gasteiger partial charge is 0.325 e. The molecule has 0 bridgehead atoms. The lowest BCUT2D eigenvalue weighted by Crippen LogP contribution is -2.18. The third kappa shape index (κ3) is 3.54. The smallest absolute Gasteiger partial charge is 0.224 e. The van der Waals surface area contributed by atoms with Gasteiger partial charge in [0.25, 0.3) is 0 Å². The average Bonchev–Trinajstić information content (AvgIpc) is 2.75. The molecule has 1 heterocycles. The highest BCUT2D eigenvalue weighted by Gasteiger charge is 2.18. The molecule has 1 unspecified atom stereocenters. The molecule has 3 nitrogen and oxygen atoms in total. The van der Waals surface area contributed by atoms with Gasteiger partial charge in [0.2, 0.25) is 5.91 Å². The van der Waals surface area contributed by atoms with Gasteiger partial charge in [-0.25, -0.2) is 0 Å². The normalized spacial score (nSPS) is 19.3. The Bertz CT molecular complexity index is 414. The standard InChI is InChI=1S/C13H17BrN2O/c1-9-2-3-12(11(14)6-9)16-13(17)7-10-4-5-15-8-10/h2-3,6,10,15H,4-5,7-8H2,1H3,(H,16,17). The quantitative estimate of drug-likeness (QED) is 0.900. The van der Waals surface area contributed by atoms with Gasteiger partial charge in [0.1, 0.15) is 0 Å². The van der Waals surface area contributed by atoms with Crippen molar-refractivity contribution in [3.8, 4) is 0 Å². The summed E-state index contributed by atoms with van der Waals surface area (Å²) in [7, 11) is 0. The van der Waals surface area contributed by atoms with Crippen molar-refractivity contribution in [1.29, 1.82) is 0 Å². The van der Waals surface area contributed by atoms with Crippen molar-refractivity contribution < 1.29 is 4.79 Å². The Balaban J connectivity index is 1.93. The summed E-state index contributed by atoms with van der Waals surface area (Å²) in [6, 6.07) is 5.94. The number of halogens is 1. The van der Waals surface area contributed by atoms with Gasteiger partial charge in [0.05, 0.1) is 5.69 Å². The zero-order valence-corrected chi connectivity index (χ0v) is 11.5. The van der Waals surface area contributed by atoms with Crippen molar-refractivity contribution in [3.63, 3.8) is 0 Å².